The zero-order valence-corrected chi connectivity index (χ0v) is 11.8. The zero-order chi connectivity index (χ0) is 11.7. The second kappa shape index (κ2) is 4.90. The molecule has 1 aliphatic rings. The van der Waals surface area contributed by atoms with Crippen LogP contribution in [0.25, 0.3) is 0 Å². The van der Waals surface area contributed by atoms with Gasteiger partial charge in [0.25, 0.3) is 0 Å². The van der Waals surface area contributed by atoms with Crippen molar-refractivity contribution in [2.24, 2.45) is 5.92 Å². The molecule has 0 spiro atoms. The first-order valence-corrected chi connectivity index (χ1v) is 6.77. The molecule has 1 nitrogen and oxygen atoms in total. The lowest BCUT2D eigenvalue weighted by molar-refractivity contribution is 0.203. The first-order chi connectivity index (χ1) is 7.58. The average Bonchev–Trinajstić information content (AvgIpc) is 2.65. The van der Waals surface area contributed by atoms with E-state index in [1.165, 1.54) is 6.42 Å². The maximum Gasteiger partial charge on any atom is 0.143 e. The monoisotopic (exact) mass is 334 g/mol. The summed E-state index contributed by atoms with van der Waals surface area (Å²) in [4.78, 5) is 0. The van der Waals surface area contributed by atoms with Crippen LogP contribution in [0, 0.1) is 22.2 Å². The summed E-state index contributed by atoms with van der Waals surface area (Å²) in [5, 5.41) is 0. The highest BCUT2D eigenvalue weighted by Crippen LogP contribution is 2.32. The van der Waals surface area contributed by atoms with Gasteiger partial charge in [0.2, 0.25) is 0 Å². The summed E-state index contributed by atoms with van der Waals surface area (Å²) in [6.45, 7) is 4.02. The topological polar surface area (TPSA) is 9.23 Å². The fraction of sp³-hybridized carbons (Fsp3) is 0.538. The molecule has 0 radical (unpaired) electrons. The second-order valence-electron chi connectivity index (χ2n) is 4.67. The molecule has 0 amide bonds. The van der Waals surface area contributed by atoms with Crippen LogP contribution in [0.2, 0.25) is 0 Å². The Bertz CT molecular complexity index is 392. The number of benzene rings is 1. The van der Waals surface area contributed by atoms with Crippen LogP contribution in [0.1, 0.15) is 31.7 Å². The van der Waals surface area contributed by atoms with Gasteiger partial charge < -0.3 is 4.74 Å². The van der Waals surface area contributed by atoms with E-state index in [4.69, 9.17) is 4.74 Å². The molecule has 2 rings (SSSR count). The lowest BCUT2D eigenvalue weighted by Crippen LogP contribution is -2.13. The molecule has 0 bridgehead atoms. The van der Waals surface area contributed by atoms with E-state index in [1.54, 1.807) is 13.0 Å². The van der Waals surface area contributed by atoms with E-state index in [9.17, 15) is 4.39 Å². The maximum atomic E-state index is 13.7. The second-order valence-corrected chi connectivity index (χ2v) is 5.75. The Hall–Kier alpha value is -0.320. The van der Waals surface area contributed by atoms with Gasteiger partial charge in [0.05, 0.1) is 9.67 Å². The van der Waals surface area contributed by atoms with Crippen LogP contribution in [-0.4, -0.2) is 6.10 Å². The first kappa shape index (κ1) is 12.1. The van der Waals surface area contributed by atoms with Crippen molar-refractivity contribution in [2.45, 2.75) is 39.2 Å². The van der Waals surface area contributed by atoms with Crippen molar-refractivity contribution in [2.75, 3.05) is 0 Å². The molecule has 88 valence electrons. The van der Waals surface area contributed by atoms with Gasteiger partial charge in [-0.15, -0.1) is 0 Å². The summed E-state index contributed by atoms with van der Waals surface area (Å²) >= 11 is 2.02. The van der Waals surface area contributed by atoms with E-state index in [0.717, 1.165) is 18.8 Å². The van der Waals surface area contributed by atoms with Crippen LogP contribution >= 0.6 is 22.6 Å². The van der Waals surface area contributed by atoms with Gasteiger partial charge in [-0.1, -0.05) is 13.0 Å². The van der Waals surface area contributed by atoms with E-state index in [0.29, 0.717) is 14.9 Å². The Kier molecular flexibility index (Phi) is 3.72. The number of ether oxygens (including phenoxy) is 1. The molecular formula is C13H16FIO. The first-order valence-electron chi connectivity index (χ1n) is 5.69. The zero-order valence-electron chi connectivity index (χ0n) is 9.59. The molecule has 0 N–H and O–H groups in total. The molecule has 16 heavy (non-hydrogen) atoms. The Morgan fingerprint density at radius 1 is 1.38 bits per heavy atom. The molecule has 3 heteroatoms. The lowest BCUT2D eigenvalue weighted by atomic mass is 10.1. The van der Waals surface area contributed by atoms with E-state index >= 15 is 0 Å². The Morgan fingerprint density at radius 2 is 2.12 bits per heavy atom. The summed E-state index contributed by atoms with van der Waals surface area (Å²) in [6.07, 6.45) is 3.67. The molecule has 0 aromatic heterocycles. The Morgan fingerprint density at radius 3 is 2.75 bits per heavy atom. The van der Waals surface area contributed by atoms with Gasteiger partial charge in [-0.3, -0.25) is 0 Å². The van der Waals surface area contributed by atoms with Crippen molar-refractivity contribution >= 4 is 22.6 Å². The molecule has 0 saturated heterocycles. The summed E-state index contributed by atoms with van der Waals surface area (Å²) in [5.74, 6) is 1.28. The summed E-state index contributed by atoms with van der Waals surface area (Å²) in [5.41, 5.74) is 0.677. The summed E-state index contributed by atoms with van der Waals surface area (Å²) in [6, 6.07) is 3.66. The number of hydrogen-bond acceptors (Lipinski definition) is 1. The van der Waals surface area contributed by atoms with Gasteiger partial charge >= 0.3 is 0 Å². The highest BCUT2D eigenvalue weighted by Gasteiger charge is 2.23. The van der Waals surface area contributed by atoms with Gasteiger partial charge in [0.15, 0.2) is 0 Å². The third-order valence-electron chi connectivity index (χ3n) is 3.18. The molecule has 1 aromatic carbocycles. The van der Waals surface area contributed by atoms with E-state index in [1.807, 2.05) is 28.7 Å². The normalized spacial score (nSPS) is 24.8. The van der Waals surface area contributed by atoms with Crippen LogP contribution in [0.4, 0.5) is 4.39 Å². The number of halogens is 2. The maximum absolute atomic E-state index is 13.7. The molecule has 2 atom stereocenters. The minimum Gasteiger partial charge on any atom is -0.489 e. The van der Waals surface area contributed by atoms with Gasteiger partial charge in [0.1, 0.15) is 11.6 Å². The fourth-order valence-corrected chi connectivity index (χ4v) is 2.89. The number of hydrogen-bond donors (Lipinski definition) is 0. The van der Waals surface area contributed by atoms with Crippen LogP contribution < -0.4 is 4.74 Å². The molecule has 1 saturated carbocycles. The molecule has 0 unspecified atom stereocenters. The Labute approximate surface area is 110 Å². The largest absolute Gasteiger partial charge is 0.489 e. The highest BCUT2D eigenvalue weighted by atomic mass is 127. The molecule has 0 heterocycles. The summed E-state index contributed by atoms with van der Waals surface area (Å²) < 4.78 is 20.1. The average molecular weight is 334 g/mol. The van der Waals surface area contributed by atoms with Crippen molar-refractivity contribution in [3.05, 3.63) is 27.1 Å². The molecule has 1 aromatic rings. The third-order valence-corrected chi connectivity index (χ3v) is 4.19. The third kappa shape index (κ3) is 2.50. The van der Waals surface area contributed by atoms with Crippen molar-refractivity contribution in [1.82, 2.24) is 0 Å². The predicted molar refractivity (Wildman–Crippen MR) is 71.3 cm³/mol. The van der Waals surface area contributed by atoms with Crippen LogP contribution in [0.3, 0.4) is 0 Å². The van der Waals surface area contributed by atoms with Crippen LogP contribution in [-0.2, 0) is 0 Å². The molecule has 0 aliphatic heterocycles. The van der Waals surface area contributed by atoms with Gasteiger partial charge in [-0.05, 0) is 66.3 Å². The van der Waals surface area contributed by atoms with Gasteiger partial charge in [-0.25, -0.2) is 4.39 Å². The summed E-state index contributed by atoms with van der Waals surface area (Å²) in [7, 11) is 0. The smallest absolute Gasteiger partial charge is 0.143 e. The molecular weight excluding hydrogens is 318 g/mol. The standard InChI is InChI=1S/C13H16FIO/c1-8-3-5-10(7-8)16-11-6-4-9(2)12(14)13(11)15/h4,6,8,10H,3,5,7H2,1-2H3/t8-,10-/m1/s1. The van der Waals surface area contributed by atoms with Crippen molar-refractivity contribution in [1.29, 1.82) is 0 Å². The number of rotatable bonds is 2. The molecule has 1 fully saturated rings. The Balaban J connectivity index is 2.13. The minimum absolute atomic E-state index is 0.149. The van der Waals surface area contributed by atoms with Gasteiger partial charge in [0, 0.05) is 0 Å². The predicted octanol–water partition coefficient (Wildman–Crippen LogP) is 4.31. The van der Waals surface area contributed by atoms with E-state index in [2.05, 4.69) is 6.92 Å². The lowest BCUT2D eigenvalue weighted by Gasteiger charge is -2.15. The van der Waals surface area contributed by atoms with E-state index < -0.39 is 0 Å². The molecule has 1 aliphatic carbocycles. The van der Waals surface area contributed by atoms with Crippen molar-refractivity contribution in [3.8, 4) is 5.75 Å². The van der Waals surface area contributed by atoms with Crippen LogP contribution in [0.15, 0.2) is 12.1 Å². The van der Waals surface area contributed by atoms with E-state index in [-0.39, 0.29) is 11.9 Å². The van der Waals surface area contributed by atoms with Crippen molar-refractivity contribution in [3.63, 3.8) is 0 Å². The van der Waals surface area contributed by atoms with Crippen LogP contribution in [0.5, 0.6) is 5.75 Å². The minimum atomic E-state index is -0.149. The fourth-order valence-electron chi connectivity index (χ4n) is 2.16. The van der Waals surface area contributed by atoms with Gasteiger partial charge in [-0.2, -0.15) is 0 Å². The highest BCUT2D eigenvalue weighted by molar-refractivity contribution is 14.1. The number of aryl methyl sites for hydroxylation is 1. The SMILES string of the molecule is Cc1ccc(O[C@@H]2CC[C@@H](C)C2)c(I)c1F. The van der Waals surface area contributed by atoms with Crippen molar-refractivity contribution < 1.29 is 9.13 Å². The quantitative estimate of drug-likeness (QED) is 0.733.